The quantitative estimate of drug-likeness (QED) is 0.344. The summed E-state index contributed by atoms with van der Waals surface area (Å²) in [5.41, 5.74) is -1.20. The second kappa shape index (κ2) is 8.79. The summed E-state index contributed by atoms with van der Waals surface area (Å²) in [5, 5.41) is 44.9. The molecule has 6 N–H and O–H groups in total. The molecule has 3 aliphatic carbocycles. The van der Waals surface area contributed by atoms with Gasteiger partial charge in [0.25, 0.3) is 5.91 Å². The SMILES string of the molecule is CC(C)N1Cc2c(O)c3c(c(C(F)(F)F)c2C1)C[C@H]1C[C@H]2[C@H](N(C)C)C(O)=C(C(N)=O)C(=O)[C@@]2(O)C(O)=C1C3=O. The Bertz CT molecular complexity index is 1450. The van der Waals surface area contributed by atoms with Crippen LogP contribution in [0.15, 0.2) is 22.7 Å². The maximum absolute atomic E-state index is 14.6. The number of aromatic hydroxyl groups is 1. The number of benzene rings is 1. The zero-order valence-electron chi connectivity index (χ0n) is 22.3. The molecular formula is C27H30F3N3O7. The van der Waals surface area contributed by atoms with Gasteiger partial charge in [-0.05, 0) is 57.8 Å². The van der Waals surface area contributed by atoms with Gasteiger partial charge in [0.1, 0.15) is 22.8 Å². The third kappa shape index (κ3) is 3.57. The van der Waals surface area contributed by atoms with Crippen molar-refractivity contribution in [2.45, 2.75) is 63.6 Å². The Morgan fingerprint density at radius 1 is 1.10 bits per heavy atom. The molecule has 0 saturated carbocycles. The summed E-state index contributed by atoms with van der Waals surface area (Å²) in [4.78, 5) is 42.4. The number of likely N-dealkylation sites (N-methyl/N-ethyl adjacent to an activating group) is 1. The Morgan fingerprint density at radius 3 is 2.23 bits per heavy atom. The van der Waals surface area contributed by atoms with Crippen molar-refractivity contribution in [3.05, 3.63) is 50.5 Å². The first-order valence-corrected chi connectivity index (χ1v) is 12.8. The number of phenolic OH excluding ortho intramolecular Hbond substituents is 1. The van der Waals surface area contributed by atoms with Crippen LogP contribution < -0.4 is 5.73 Å². The van der Waals surface area contributed by atoms with Crippen LogP contribution in [0.5, 0.6) is 5.75 Å². The zero-order valence-corrected chi connectivity index (χ0v) is 22.3. The smallest absolute Gasteiger partial charge is 0.417 e. The number of alkyl halides is 3. The van der Waals surface area contributed by atoms with Crippen LogP contribution in [0.25, 0.3) is 0 Å². The van der Waals surface area contributed by atoms with Gasteiger partial charge in [-0.15, -0.1) is 0 Å². The molecule has 0 radical (unpaired) electrons. The van der Waals surface area contributed by atoms with Gasteiger partial charge in [0.05, 0.1) is 17.2 Å². The molecule has 1 aromatic rings. The standard InChI is InChI=1S/C27H30F3N3O7/c1-9(2)33-7-12-13(8-33)20(34)16-11(18(12)27(28,29)30)5-10-6-14-19(32(3)4)22(36)17(25(31)39)24(38)26(14,40)23(37)15(10)21(16)35/h9-10,14,19,34,36-37,40H,5-8H2,1-4H3,(H2,31,39)/t10-,14-,19-,26-/m0/s1. The molecule has 5 rings (SSSR count). The summed E-state index contributed by atoms with van der Waals surface area (Å²) < 4.78 is 43.8. The lowest BCUT2D eigenvalue weighted by molar-refractivity contribution is -0.148. The van der Waals surface area contributed by atoms with E-state index in [-0.39, 0.29) is 36.7 Å². The second-order valence-electron chi connectivity index (χ2n) is 11.5. The number of Topliss-reactive ketones (excluding diaryl/α,β-unsaturated/α-hetero) is 2. The van der Waals surface area contributed by atoms with Crippen molar-refractivity contribution in [1.82, 2.24) is 9.80 Å². The predicted molar refractivity (Wildman–Crippen MR) is 133 cm³/mol. The largest absolute Gasteiger partial charge is 0.510 e. The van der Waals surface area contributed by atoms with Crippen LogP contribution in [0.3, 0.4) is 0 Å². The van der Waals surface area contributed by atoms with Gasteiger partial charge in [0.15, 0.2) is 11.4 Å². The maximum Gasteiger partial charge on any atom is 0.417 e. The van der Waals surface area contributed by atoms with Gasteiger partial charge in [-0.2, -0.15) is 13.2 Å². The van der Waals surface area contributed by atoms with Crippen molar-refractivity contribution in [2.24, 2.45) is 17.6 Å². The Labute approximate surface area is 227 Å². The molecule has 1 aromatic carbocycles. The van der Waals surface area contributed by atoms with Gasteiger partial charge < -0.3 is 26.2 Å². The first-order chi connectivity index (χ1) is 18.4. The molecule has 13 heteroatoms. The number of phenols is 1. The minimum atomic E-state index is -4.86. The van der Waals surface area contributed by atoms with Crippen LogP contribution in [0.2, 0.25) is 0 Å². The number of aliphatic hydroxyl groups excluding tert-OH is 2. The van der Waals surface area contributed by atoms with Crippen molar-refractivity contribution in [3.8, 4) is 5.75 Å². The van der Waals surface area contributed by atoms with E-state index in [0.29, 0.717) is 0 Å². The van der Waals surface area contributed by atoms with E-state index < -0.39 is 98.7 Å². The maximum atomic E-state index is 14.6. The first kappa shape index (κ1) is 28.1. The van der Waals surface area contributed by atoms with Crippen LogP contribution in [0.1, 0.15) is 52.9 Å². The second-order valence-corrected chi connectivity index (χ2v) is 11.5. The van der Waals surface area contributed by atoms with E-state index in [4.69, 9.17) is 5.73 Å². The number of carbonyl (C=O) groups excluding carboxylic acids is 3. The van der Waals surface area contributed by atoms with Gasteiger partial charge in [0.2, 0.25) is 5.78 Å². The average molecular weight is 566 g/mol. The highest BCUT2D eigenvalue weighted by Crippen LogP contribution is 2.55. The number of allylic oxidation sites excluding steroid dienone is 1. The fourth-order valence-electron chi connectivity index (χ4n) is 7.01. The molecule has 10 nitrogen and oxygen atoms in total. The summed E-state index contributed by atoms with van der Waals surface area (Å²) >= 11 is 0. The molecule has 0 spiro atoms. The number of halogens is 3. The number of rotatable bonds is 3. The number of ketones is 2. The lowest BCUT2D eigenvalue weighted by Crippen LogP contribution is -2.63. The van der Waals surface area contributed by atoms with Crippen LogP contribution in [-0.4, -0.2) is 79.5 Å². The highest BCUT2D eigenvalue weighted by atomic mass is 19.4. The van der Waals surface area contributed by atoms with E-state index in [2.05, 4.69) is 0 Å². The summed E-state index contributed by atoms with van der Waals surface area (Å²) in [6.07, 6.45) is -5.58. The van der Waals surface area contributed by atoms with Gasteiger partial charge in [-0.3, -0.25) is 24.2 Å². The number of amides is 1. The third-order valence-corrected chi connectivity index (χ3v) is 8.84. The van der Waals surface area contributed by atoms with Crippen molar-refractivity contribution in [1.29, 1.82) is 0 Å². The minimum absolute atomic E-state index is 0.0298. The fraction of sp³-hybridized carbons (Fsp3) is 0.519. The Kier molecular flexibility index (Phi) is 6.18. The lowest BCUT2D eigenvalue weighted by atomic mass is 9.58. The number of fused-ring (bicyclic) bond motifs is 4. The normalized spacial score (nSPS) is 28.7. The fourth-order valence-corrected chi connectivity index (χ4v) is 7.01. The molecule has 1 aliphatic heterocycles. The number of hydrogen-bond donors (Lipinski definition) is 5. The summed E-state index contributed by atoms with van der Waals surface area (Å²) in [6, 6.07) is -1.39. The van der Waals surface area contributed by atoms with Crippen molar-refractivity contribution in [2.75, 3.05) is 14.1 Å². The molecule has 0 aromatic heterocycles. The summed E-state index contributed by atoms with van der Waals surface area (Å²) in [6.45, 7) is 3.48. The van der Waals surface area contributed by atoms with E-state index in [9.17, 15) is 48.0 Å². The minimum Gasteiger partial charge on any atom is -0.510 e. The molecular weight excluding hydrogens is 535 g/mol. The predicted octanol–water partition coefficient (Wildman–Crippen LogP) is 1.86. The number of nitrogens with zero attached hydrogens (tertiary/aromatic N) is 2. The van der Waals surface area contributed by atoms with E-state index >= 15 is 0 Å². The highest BCUT2D eigenvalue weighted by molar-refractivity contribution is 6.24. The molecule has 0 fully saturated rings. The number of primary amides is 1. The first-order valence-electron chi connectivity index (χ1n) is 12.8. The molecule has 0 saturated heterocycles. The van der Waals surface area contributed by atoms with Crippen molar-refractivity contribution in [3.63, 3.8) is 0 Å². The Hall–Kier alpha value is -3.42. The van der Waals surface area contributed by atoms with Crippen LogP contribution in [0, 0.1) is 11.8 Å². The van der Waals surface area contributed by atoms with Gasteiger partial charge in [-0.25, -0.2) is 0 Å². The zero-order chi connectivity index (χ0) is 29.8. The molecule has 4 aliphatic rings. The topological polar surface area (TPSA) is 165 Å². The molecule has 0 bridgehead atoms. The lowest BCUT2D eigenvalue weighted by Gasteiger charge is -2.50. The third-order valence-electron chi connectivity index (χ3n) is 8.84. The molecule has 216 valence electrons. The van der Waals surface area contributed by atoms with Crippen LogP contribution in [0.4, 0.5) is 13.2 Å². The number of hydrogen-bond acceptors (Lipinski definition) is 9. The van der Waals surface area contributed by atoms with Crippen LogP contribution in [-0.2, 0) is 35.3 Å². The number of carbonyl (C=O) groups is 3. The Balaban J connectivity index is 1.76. The van der Waals surface area contributed by atoms with Crippen molar-refractivity contribution < 1.29 is 48.0 Å². The van der Waals surface area contributed by atoms with Gasteiger partial charge in [0, 0.05) is 36.2 Å². The van der Waals surface area contributed by atoms with E-state index in [1.165, 1.54) is 19.0 Å². The summed E-state index contributed by atoms with van der Waals surface area (Å²) in [7, 11) is 2.94. The van der Waals surface area contributed by atoms with Crippen LogP contribution >= 0.6 is 0 Å². The molecule has 4 atom stereocenters. The Morgan fingerprint density at radius 2 is 1.70 bits per heavy atom. The molecule has 0 unspecified atom stereocenters. The molecule has 1 amide bonds. The van der Waals surface area contributed by atoms with Gasteiger partial charge >= 0.3 is 6.18 Å². The molecule has 1 heterocycles. The monoisotopic (exact) mass is 565 g/mol. The highest BCUT2D eigenvalue weighted by Gasteiger charge is 2.63. The van der Waals surface area contributed by atoms with E-state index in [1.807, 2.05) is 0 Å². The van der Waals surface area contributed by atoms with E-state index in [0.717, 1.165) is 0 Å². The van der Waals surface area contributed by atoms with E-state index in [1.54, 1.807) is 18.7 Å². The van der Waals surface area contributed by atoms with Crippen molar-refractivity contribution >= 4 is 17.5 Å². The average Bonchev–Trinajstić information content (AvgIpc) is 3.26. The number of nitrogens with two attached hydrogens (primary N) is 1. The number of aliphatic hydroxyl groups is 3. The summed E-state index contributed by atoms with van der Waals surface area (Å²) in [5.74, 6) is -8.84. The van der Waals surface area contributed by atoms with Gasteiger partial charge in [-0.1, -0.05) is 0 Å². The molecule has 40 heavy (non-hydrogen) atoms.